The Morgan fingerprint density at radius 1 is 1.06 bits per heavy atom. The number of hydrogen-bond acceptors (Lipinski definition) is 3. The summed E-state index contributed by atoms with van der Waals surface area (Å²) in [7, 11) is 2.66. The van der Waals surface area contributed by atoms with E-state index in [1.165, 1.54) is 7.05 Å². The minimum atomic E-state index is -0.568. The van der Waals surface area contributed by atoms with E-state index in [9.17, 15) is 4.21 Å². The maximum atomic E-state index is 10.9. The molecule has 4 heteroatoms. The van der Waals surface area contributed by atoms with Crippen LogP contribution in [0.4, 0.5) is 0 Å². The van der Waals surface area contributed by atoms with Gasteiger partial charge in [0.25, 0.3) is 0 Å². The largest absolute Gasteiger partial charge is 0.378 e. The normalized spacial score (nSPS) is 27.1. The van der Waals surface area contributed by atoms with Gasteiger partial charge in [-0.05, 0) is 26.8 Å². The Balaban J connectivity index is -0.000000245. The number of ether oxygens (including phenoxy) is 1. The zero-order chi connectivity index (χ0) is 13.6. The van der Waals surface area contributed by atoms with Gasteiger partial charge in [0.1, 0.15) is 0 Å². The van der Waals surface area contributed by atoms with E-state index in [1.807, 2.05) is 27.7 Å². The van der Waals surface area contributed by atoms with Crippen molar-refractivity contribution in [1.29, 1.82) is 0 Å². The summed E-state index contributed by atoms with van der Waals surface area (Å²) in [6, 6.07) is 0. The van der Waals surface area contributed by atoms with Crippen molar-refractivity contribution >= 4 is 10.8 Å². The highest BCUT2D eigenvalue weighted by Crippen LogP contribution is 2.24. The zero-order valence-electron chi connectivity index (χ0n) is 12.1. The molecule has 0 amide bonds. The standard InChI is InChI=1S/C7H14O2S.2C2H6.CH5N/c1-7(9-2)3-5-10(8)6-4-7;3*1-2/h3-6H2,1-2H3;2*1-2H3;2H2,1H3. The van der Waals surface area contributed by atoms with E-state index < -0.39 is 10.8 Å². The Labute approximate surface area is 105 Å². The molecule has 1 rings (SSSR count). The summed E-state index contributed by atoms with van der Waals surface area (Å²) in [5, 5.41) is 0. The van der Waals surface area contributed by atoms with E-state index in [0.29, 0.717) is 0 Å². The molecule has 3 nitrogen and oxygen atoms in total. The first-order valence-corrected chi connectivity index (χ1v) is 7.63. The maximum absolute atomic E-state index is 10.9. The van der Waals surface area contributed by atoms with Crippen molar-refractivity contribution in [2.75, 3.05) is 25.7 Å². The van der Waals surface area contributed by atoms with Crippen LogP contribution in [-0.4, -0.2) is 35.5 Å². The molecule has 0 radical (unpaired) electrons. The summed E-state index contributed by atoms with van der Waals surface area (Å²) < 4.78 is 16.2. The molecule has 1 heterocycles. The van der Waals surface area contributed by atoms with Crippen molar-refractivity contribution < 1.29 is 8.95 Å². The van der Waals surface area contributed by atoms with Crippen LogP contribution in [0.2, 0.25) is 0 Å². The molecule has 0 bridgehead atoms. The van der Waals surface area contributed by atoms with Gasteiger partial charge >= 0.3 is 0 Å². The molecule has 0 aromatic heterocycles. The summed E-state index contributed by atoms with van der Waals surface area (Å²) in [6.45, 7) is 10.1. The van der Waals surface area contributed by atoms with Crippen LogP contribution in [0, 0.1) is 0 Å². The highest BCUT2D eigenvalue weighted by Gasteiger charge is 2.28. The van der Waals surface area contributed by atoms with E-state index in [0.717, 1.165) is 24.3 Å². The first kappa shape index (κ1) is 21.4. The second kappa shape index (κ2) is 15.1. The van der Waals surface area contributed by atoms with E-state index >= 15 is 0 Å². The van der Waals surface area contributed by atoms with Crippen LogP contribution in [0.3, 0.4) is 0 Å². The van der Waals surface area contributed by atoms with Gasteiger partial charge in [-0.3, -0.25) is 4.21 Å². The van der Waals surface area contributed by atoms with Crippen molar-refractivity contribution in [2.24, 2.45) is 5.73 Å². The monoisotopic (exact) mass is 253 g/mol. The molecule has 0 spiro atoms. The van der Waals surface area contributed by atoms with E-state index in [1.54, 1.807) is 7.11 Å². The van der Waals surface area contributed by atoms with Gasteiger partial charge in [0.05, 0.1) is 5.60 Å². The summed E-state index contributed by atoms with van der Waals surface area (Å²) >= 11 is 0. The van der Waals surface area contributed by atoms with Crippen LogP contribution in [0.25, 0.3) is 0 Å². The van der Waals surface area contributed by atoms with Crippen molar-refractivity contribution in [3.63, 3.8) is 0 Å². The van der Waals surface area contributed by atoms with Crippen LogP contribution < -0.4 is 5.73 Å². The molecule has 1 saturated heterocycles. The lowest BCUT2D eigenvalue weighted by Crippen LogP contribution is -2.35. The van der Waals surface area contributed by atoms with Crippen molar-refractivity contribution in [3.05, 3.63) is 0 Å². The lowest BCUT2D eigenvalue weighted by Gasteiger charge is -2.31. The summed E-state index contributed by atoms with van der Waals surface area (Å²) in [5.41, 5.74) is 4.51. The molecular weight excluding hydrogens is 222 g/mol. The predicted octanol–water partition coefficient (Wildman–Crippen LogP) is 2.56. The number of rotatable bonds is 1. The van der Waals surface area contributed by atoms with Gasteiger partial charge in [-0.15, -0.1) is 0 Å². The van der Waals surface area contributed by atoms with Crippen LogP contribution in [-0.2, 0) is 15.5 Å². The van der Waals surface area contributed by atoms with Crippen LogP contribution in [0.5, 0.6) is 0 Å². The second-order valence-electron chi connectivity index (χ2n) is 3.00. The number of nitrogens with two attached hydrogens (primary N) is 1. The average molecular weight is 253 g/mol. The first-order chi connectivity index (χ1) is 7.66. The maximum Gasteiger partial charge on any atom is 0.0668 e. The van der Waals surface area contributed by atoms with Gasteiger partial charge < -0.3 is 10.5 Å². The van der Waals surface area contributed by atoms with Gasteiger partial charge in [-0.1, -0.05) is 27.7 Å². The minimum Gasteiger partial charge on any atom is -0.378 e. The topological polar surface area (TPSA) is 52.3 Å². The molecule has 2 N–H and O–H groups in total. The average Bonchev–Trinajstić information content (AvgIpc) is 2.40. The van der Waals surface area contributed by atoms with E-state index in [4.69, 9.17) is 4.74 Å². The molecule has 102 valence electrons. The molecule has 0 unspecified atom stereocenters. The van der Waals surface area contributed by atoms with E-state index in [-0.39, 0.29) is 5.60 Å². The molecule has 0 aromatic carbocycles. The molecule has 0 aliphatic carbocycles. The van der Waals surface area contributed by atoms with Gasteiger partial charge in [-0.25, -0.2) is 0 Å². The molecule has 0 saturated carbocycles. The third-order valence-corrected chi connectivity index (χ3v) is 3.53. The Hall–Kier alpha value is 0.0700. The van der Waals surface area contributed by atoms with Crippen molar-refractivity contribution in [1.82, 2.24) is 0 Å². The highest BCUT2D eigenvalue weighted by molar-refractivity contribution is 7.85. The van der Waals surface area contributed by atoms with Crippen LogP contribution >= 0.6 is 0 Å². The molecule has 1 aliphatic heterocycles. The van der Waals surface area contributed by atoms with Gasteiger partial charge in [0.15, 0.2) is 0 Å². The Morgan fingerprint density at radius 3 is 1.62 bits per heavy atom. The molecule has 1 fully saturated rings. The Kier molecular flexibility index (Phi) is 20.1. The van der Waals surface area contributed by atoms with Gasteiger partial charge in [0, 0.05) is 29.4 Å². The number of hydrogen-bond donors (Lipinski definition) is 1. The molecule has 0 atom stereocenters. The summed E-state index contributed by atoms with van der Waals surface area (Å²) in [5.74, 6) is 1.62. The zero-order valence-corrected chi connectivity index (χ0v) is 12.9. The van der Waals surface area contributed by atoms with Crippen molar-refractivity contribution in [3.8, 4) is 0 Å². The Bertz CT molecular complexity index is 142. The summed E-state index contributed by atoms with van der Waals surface area (Å²) in [6.07, 6.45) is 1.88. The SMILES string of the molecule is CC.CC.CN.COC1(C)CCS(=O)CC1. The van der Waals surface area contributed by atoms with Gasteiger partial charge in [0.2, 0.25) is 0 Å². The Morgan fingerprint density at radius 2 is 1.38 bits per heavy atom. The fourth-order valence-electron chi connectivity index (χ4n) is 1.09. The molecule has 16 heavy (non-hydrogen) atoms. The summed E-state index contributed by atoms with van der Waals surface area (Å²) in [4.78, 5) is 0. The van der Waals surface area contributed by atoms with Crippen LogP contribution in [0.15, 0.2) is 0 Å². The van der Waals surface area contributed by atoms with Crippen LogP contribution in [0.1, 0.15) is 47.5 Å². The lowest BCUT2D eigenvalue weighted by atomic mass is 10.00. The highest BCUT2D eigenvalue weighted by atomic mass is 32.2. The molecular formula is C12H31NO2S. The predicted molar refractivity (Wildman–Crippen MR) is 75.3 cm³/mol. The quantitative estimate of drug-likeness (QED) is 0.781. The minimum absolute atomic E-state index is 0.00785. The molecule has 1 aliphatic rings. The smallest absolute Gasteiger partial charge is 0.0668 e. The fourth-order valence-corrected chi connectivity index (χ4v) is 2.61. The lowest BCUT2D eigenvalue weighted by molar-refractivity contribution is -0.00109. The van der Waals surface area contributed by atoms with Gasteiger partial charge in [-0.2, -0.15) is 0 Å². The third kappa shape index (κ3) is 10.6. The van der Waals surface area contributed by atoms with Crippen molar-refractivity contribution in [2.45, 2.75) is 53.1 Å². The second-order valence-corrected chi connectivity index (χ2v) is 4.70. The van der Waals surface area contributed by atoms with E-state index in [2.05, 4.69) is 12.7 Å². The number of methoxy groups -OCH3 is 1. The first-order valence-electron chi connectivity index (χ1n) is 6.14. The molecule has 0 aromatic rings. The fraction of sp³-hybridized carbons (Fsp3) is 1.00. The third-order valence-electron chi connectivity index (χ3n) is 2.21.